The van der Waals surface area contributed by atoms with Crippen molar-refractivity contribution in [3.8, 4) is 0 Å². The van der Waals surface area contributed by atoms with Gasteiger partial charge in [-0.3, -0.25) is 13.9 Å². The number of aromatic nitrogens is 2. The Morgan fingerprint density at radius 3 is 2.44 bits per heavy atom. The normalized spacial score (nSPS) is 19.4. The third kappa shape index (κ3) is 5.40. The number of nitrogens with zero attached hydrogens (tertiary/aromatic N) is 3. The smallest absolute Gasteiger partial charge is 0.426 e. The third-order valence-corrected chi connectivity index (χ3v) is 7.69. The lowest BCUT2D eigenvalue weighted by molar-refractivity contribution is 0.00432. The lowest BCUT2D eigenvalue weighted by Crippen LogP contribution is -2.49. The molecule has 2 aromatic heterocycles. The molecule has 2 aliphatic rings. The lowest BCUT2D eigenvalue weighted by atomic mass is 10.1. The zero-order valence-corrected chi connectivity index (χ0v) is 21.5. The molecule has 0 radical (unpaired) electrons. The standard InChI is InChI=1S/C23H31F2N5O5S/c1-12-15(11-29(19(26)32)27-20(33)35-22(2,3)4)36-18-16(12)17(31)30(14-5-6-14)21(34)28(18)10-13-7-8-23(24,25)9-13/h13-14H,5-11H2,1-4H3,(H2,26,32)(H,27,33). The van der Waals surface area contributed by atoms with Crippen LogP contribution in [0.1, 0.15) is 69.4 Å². The second-order valence-electron chi connectivity index (χ2n) is 10.6. The zero-order valence-electron chi connectivity index (χ0n) is 20.7. The summed E-state index contributed by atoms with van der Waals surface area (Å²) in [7, 11) is 0. The number of halogens is 2. The van der Waals surface area contributed by atoms with Crippen LogP contribution in [0.2, 0.25) is 0 Å². The molecule has 0 aromatic carbocycles. The van der Waals surface area contributed by atoms with Gasteiger partial charge in [0.25, 0.3) is 5.56 Å². The van der Waals surface area contributed by atoms with E-state index in [4.69, 9.17) is 10.5 Å². The van der Waals surface area contributed by atoms with Gasteiger partial charge in [-0.15, -0.1) is 11.3 Å². The van der Waals surface area contributed by atoms with Gasteiger partial charge in [0.15, 0.2) is 0 Å². The number of nitrogens with two attached hydrogens (primary N) is 1. The Balaban J connectivity index is 1.73. The monoisotopic (exact) mass is 527 g/mol. The van der Waals surface area contributed by atoms with E-state index in [9.17, 15) is 28.0 Å². The number of primary amides is 1. The fraction of sp³-hybridized carbons (Fsp3) is 0.652. The molecule has 2 fully saturated rings. The number of rotatable bonds is 5. The highest BCUT2D eigenvalue weighted by Crippen LogP contribution is 2.40. The molecule has 2 heterocycles. The highest BCUT2D eigenvalue weighted by atomic mass is 32.1. The van der Waals surface area contributed by atoms with Gasteiger partial charge in [0.1, 0.15) is 10.4 Å². The summed E-state index contributed by atoms with van der Waals surface area (Å²) in [5.74, 6) is -3.16. The van der Waals surface area contributed by atoms with Crippen molar-refractivity contribution in [2.45, 2.75) is 90.5 Å². The van der Waals surface area contributed by atoms with E-state index in [1.807, 2.05) is 0 Å². The van der Waals surface area contributed by atoms with Gasteiger partial charge in [-0.25, -0.2) is 33.6 Å². The minimum Gasteiger partial charge on any atom is -0.443 e. The van der Waals surface area contributed by atoms with Gasteiger partial charge < -0.3 is 10.5 Å². The number of fused-ring (bicyclic) bond motifs is 1. The van der Waals surface area contributed by atoms with Crippen LogP contribution in [0.4, 0.5) is 18.4 Å². The molecule has 0 saturated heterocycles. The summed E-state index contributed by atoms with van der Waals surface area (Å²) < 4.78 is 35.5. The fourth-order valence-corrected chi connectivity index (χ4v) is 5.85. The summed E-state index contributed by atoms with van der Waals surface area (Å²) in [4.78, 5) is 51.9. The Hall–Kier alpha value is -2.96. The molecule has 0 bridgehead atoms. The maximum Gasteiger partial charge on any atom is 0.426 e. The van der Waals surface area contributed by atoms with E-state index in [2.05, 4.69) is 5.43 Å². The van der Waals surface area contributed by atoms with Crippen molar-refractivity contribution < 1.29 is 23.1 Å². The van der Waals surface area contributed by atoms with E-state index < -0.39 is 40.8 Å². The lowest BCUT2D eigenvalue weighted by Gasteiger charge is -2.24. The van der Waals surface area contributed by atoms with Crippen LogP contribution in [0.3, 0.4) is 0 Å². The predicted octanol–water partition coefficient (Wildman–Crippen LogP) is 3.62. The van der Waals surface area contributed by atoms with Crippen molar-refractivity contribution in [1.82, 2.24) is 19.6 Å². The summed E-state index contributed by atoms with van der Waals surface area (Å²) in [6, 6.07) is -1.15. The number of hydrazine groups is 1. The van der Waals surface area contributed by atoms with Gasteiger partial charge in [-0.1, -0.05) is 0 Å². The molecule has 2 aliphatic carbocycles. The average Bonchev–Trinajstić information content (AvgIpc) is 3.42. The highest BCUT2D eigenvalue weighted by molar-refractivity contribution is 7.18. The van der Waals surface area contributed by atoms with Crippen molar-refractivity contribution in [2.24, 2.45) is 11.7 Å². The predicted molar refractivity (Wildman–Crippen MR) is 130 cm³/mol. The number of hydrogen-bond donors (Lipinski definition) is 2. The number of alkyl halides is 2. The van der Waals surface area contributed by atoms with E-state index >= 15 is 0 Å². The number of carbonyl (C=O) groups excluding carboxylic acids is 2. The number of thiophene rings is 1. The highest BCUT2D eigenvalue weighted by Gasteiger charge is 2.40. The van der Waals surface area contributed by atoms with Crippen molar-refractivity contribution in [3.05, 3.63) is 31.3 Å². The van der Waals surface area contributed by atoms with Gasteiger partial charge in [0.2, 0.25) is 5.92 Å². The molecule has 198 valence electrons. The molecule has 1 unspecified atom stereocenters. The number of aryl methyl sites for hydroxylation is 1. The number of urea groups is 1. The Morgan fingerprint density at radius 1 is 1.25 bits per heavy atom. The topological polar surface area (TPSA) is 129 Å². The molecule has 13 heteroatoms. The first-order chi connectivity index (χ1) is 16.7. The maximum absolute atomic E-state index is 13.9. The first-order valence-electron chi connectivity index (χ1n) is 11.9. The fourth-order valence-electron chi connectivity index (χ4n) is 4.56. The Kier molecular flexibility index (Phi) is 6.65. The Morgan fingerprint density at radius 2 is 1.92 bits per heavy atom. The van der Waals surface area contributed by atoms with Crippen LogP contribution < -0.4 is 22.4 Å². The van der Waals surface area contributed by atoms with Crippen molar-refractivity contribution in [3.63, 3.8) is 0 Å². The van der Waals surface area contributed by atoms with Crippen LogP contribution in [0, 0.1) is 12.8 Å². The van der Waals surface area contributed by atoms with Crippen LogP contribution in [-0.2, 0) is 17.8 Å². The minimum atomic E-state index is -2.76. The number of carbonyl (C=O) groups is 2. The van der Waals surface area contributed by atoms with E-state index in [0.29, 0.717) is 33.5 Å². The van der Waals surface area contributed by atoms with E-state index in [0.717, 1.165) is 16.3 Å². The average molecular weight is 528 g/mol. The van der Waals surface area contributed by atoms with Gasteiger partial charge >= 0.3 is 17.8 Å². The van der Waals surface area contributed by atoms with Crippen molar-refractivity contribution in [1.29, 1.82) is 0 Å². The summed E-state index contributed by atoms with van der Waals surface area (Å²) in [6.45, 7) is 6.61. The zero-order chi connectivity index (χ0) is 26.6. The first-order valence-corrected chi connectivity index (χ1v) is 12.7. The van der Waals surface area contributed by atoms with Crippen molar-refractivity contribution >= 4 is 33.7 Å². The molecule has 3 N–H and O–H groups in total. The summed E-state index contributed by atoms with van der Waals surface area (Å²) in [5.41, 5.74) is 6.57. The van der Waals surface area contributed by atoms with Gasteiger partial charge in [0, 0.05) is 30.3 Å². The molecule has 0 spiro atoms. The van der Waals surface area contributed by atoms with Crippen molar-refractivity contribution in [2.75, 3.05) is 0 Å². The van der Waals surface area contributed by atoms with Gasteiger partial charge in [-0.05, 0) is 58.4 Å². The quantitative estimate of drug-likeness (QED) is 0.574. The van der Waals surface area contributed by atoms with Gasteiger partial charge in [-0.2, -0.15) is 0 Å². The summed E-state index contributed by atoms with van der Waals surface area (Å²) in [5, 5.41) is 1.18. The number of amides is 3. The molecule has 10 nitrogen and oxygen atoms in total. The van der Waals surface area contributed by atoms with Crippen LogP contribution in [0.5, 0.6) is 0 Å². The number of ether oxygens (including phenoxy) is 1. The second kappa shape index (κ2) is 9.16. The van der Waals surface area contributed by atoms with Gasteiger partial charge in [0.05, 0.1) is 11.9 Å². The molecule has 2 aromatic rings. The molecule has 1 atom stereocenters. The largest absolute Gasteiger partial charge is 0.443 e. The number of nitrogens with one attached hydrogen (secondary N) is 1. The Bertz CT molecular complexity index is 1320. The number of hydrogen-bond acceptors (Lipinski definition) is 6. The third-order valence-electron chi connectivity index (χ3n) is 6.39. The first kappa shape index (κ1) is 26.1. The molecule has 0 aliphatic heterocycles. The molecular weight excluding hydrogens is 496 g/mol. The maximum atomic E-state index is 13.9. The molecule has 36 heavy (non-hydrogen) atoms. The van der Waals surface area contributed by atoms with Crippen LogP contribution in [-0.4, -0.2) is 37.8 Å². The summed E-state index contributed by atoms with van der Waals surface area (Å²) in [6.07, 6.45) is 0.277. The van der Waals surface area contributed by atoms with Crippen LogP contribution in [0.25, 0.3) is 10.2 Å². The SMILES string of the molecule is Cc1c(CN(NC(=O)OC(C)(C)C)C(N)=O)sc2c1c(=O)n(C1CC1)c(=O)n2CC1CCC(F)(F)C1. The second-order valence-corrected chi connectivity index (χ2v) is 11.7. The Labute approximate surface area is 210 Å². The van der Waals surface area contributed by atoms with Crippen LogP contribution in [0.15, 0.2) is 9.59 Å². The molecule has 2 saturated carbocycles. The minimum absolute atomic E-state index is 0.0764. The molecular formula is C23H31F2N5O5S. The van der Waals surface area contributed by atoms with E-state index in [1.54, 1.807) is 27.7 Å². The summed E-state index contributed by atoms with van der Waals surface area (Å²) >= 11 is 1.11. The van der Waals surface area contributed by atoms with E-state index in [1.165, 1.54) is 9.13 Å². The van der Waals surface area contributed by atoms with Crippen LogP contribution >= 0.6 is 11.3 Å². The van der Waals surface area contributed by atoms with E-state index in [-0.39, 0.29) is 38.4 Å². The molecule has 4 rings (SSSR count). The molecule has 3 amide bonds.